The van der Waals surface area contributed by atoms with Crippen molar-refractivity contribution in [2.45, 2.75) is 19.9 Å². The Morgan fingerprint density at radius 2 is 1.91 bits per heavy atom. The van der Waals surface area contributed by atoms with Gasteiger partial charge in [0.2, 0.25) is 11.8 Å². The zero-order valence-electron chi connectivity index (χ0n) is 6.76. The summed E-state index contributed by atoms with van der Waals surface area (Å²) in [4.78, 5) is 21.1. The van der Waals surface area contributed by atoms with E-state index in [0.29, 0.717) is 0 Å². The van der Waals surface area contributed by atoms with Gasteiger partial charge in [0.25, 0.3) is 0 Å². The first-order valence-corrected chi connectivity index (χ1v) is 3.37. The Labute approximate surface area is 66.1 Å². The quantitative estimate of drug-likeness (QED) is 0.576. The van der Waals surface area contributed by atoms with E-state index in [1.54, 1.807) is 13.8 Å². The molecule has 1 atom stereocenters. The van der Waals surface area contributed by atoms with Crippen LogP contribution in [-0.4, -0.2) is 17.9 Å². The molecule has 0 rings (SSSR count). The Hall–Kier alpha value is -1.06. The summed E-state index contributed by atoms with van der Waals surface area (Å²) in [6, 6.07) is -0.611. The summed E-state index contributed by atoms with van der Waals surface area (Å²) in [7, 11) is 0. The standard InChI is InChI=1S/C7H13N2O2/c1-4(2)6(7(8)11)9-5(3)10/h4,6H,3H2,1-2H3,(H2,8,11)(H,9,10)/t6-/m0/s1. The second-order valence-electron chi connectivity index (χ2n) is 2.69. The number of rotatable bonds is 3. The van der Waals surface area contributed by atoms with E-state index in [1.165, 1.54) is 0 Å². The first-order chi connectivity index (χ1) is 4.95. The van der Waals surface area contributed by atoms with Crippen LogP contribution in [-0.2, 0) is 9.59 Å². The maximum atomic E-state index is 10.7. The van der Waals surface area contributed by atoms with Gasteiger partial charge in [-0.3, -0.25) is 9.59 Å². The van der Waals surface area contributed by atoms with E-state index in [-0.39, 0.29) is 5.92 Å². The van der Waals surface area contributed by atoms with E-state index in [1.807, 2.05) is 0 Å². The highest BCUT2D eigenvalue weighted by atomic mass is 16.2. The molecule has 4 heteroatoms. The molecular weight excluding hydrogens is 144 g/mol. The average molecular weight is 157 g/mol. The number of hydrogen-bond donors (Lipinski definition) is 2. The molecule has 1 radical (unpaired) electrons. The van der Waals surface area contributed by atoms with Crippen molar-refractivity contribution in [3.8, 4) is 0 Å². The Kier molecular flexibility index (Phi) is 3.57. The van der Waals surface area contributed by atoms with Crippen molar-refractivity contribution >= 4 is 11.8 Å². The van der Waals surface area contributed by atoms with Gasteiger partial charge in [-0.25, -0.2) is 0 Å². The van der Waals surface area contributed by atoms with Crippen molar-refractivity contribution in [2.75, 3.05) is 0 Å². The number of carbonyl (C=O) groups is 2. The third kappa shape index (κ3) is 3.60. The molecule has 0 aromatic rings. The first kappa shape index (κ1) is 9.94. The van der Waals surface area contributed by atoms with Gasteiger partial charge in [-0.15, -0.1) is 0 Å². The highest BCUT2D eigenvalue weighted by Gasteiger charge is 2.19. The molecule has 4 nitrogen and oxygen atoms in total. The SMILES string of the molecule is [CH2]C(=O)N[C@H](C(N)=O)C(C)C. The van der Waals surface area contributed by atoms with Crippen molar-refractivity contribution in [1.82, 2.24) is 5.32 Å². The molecule has 0 aliphatic carbocycles. The lowest BCUT2D eigenvalue weighted by Crippen LogP contribution is -2.46. The molecule has 11 heavy (non-hydrogen) atoms. The zero-order chi connectivity index (χ0) is 9.02. The minimum atomic E-state index is -0.611. The number of amides is 2. The molecule has 0 saturated heterocycles. The number of primary amides is 1. The van der Waals surface area contributed by atoms with Gasteiger partial charge in [-0.05, 0) is 5.92 Å². The molecule has 0 spiro atoms. The number of hydrogen-bond acceptors (Lipinski definition) is 2. The third-order valence-electron chi connectivity index (χ3n) is 1.29. The number of nitrogens with two attached hydrogens (primary N) is 1. The number of nitrogens with one attached hydrogen (secondary N) is 1. The van der Waals surface area contributed by atoms with E-state index in [9.17, 15) is 9.59 Å². The molecule has 0 fully saturated rings. The number of carbonyl (C=O) groups excluding carboxylic acids is 2. The Bertz CT molecular complexity index is 166. The van der Waals surface area contributed by atoms with Crippen molar-refractivity contribution in [1.29, 1.82) is 0 Å². The van der Waals surface area contributed by atoms with Gasteiger partial charge in [0.05, 0.1) is 0 Å². The molecule has 2 amide bonds. The van der Waals surface area contributed by atoms with Crippen LogP contribution < -0.4 is 11.1 Å². The van der Waals surface area contributed by atoms with Gasteiger partial charge in [-0.1, -0.05) is 13.8 Å². The largest absolute Gasteiger partial charge is 0.368 e. The van der Waals surface area contributed by atoms with Crippen LogP contribution in [0.1, 0.15) is 13.8 Å². The van der Waals surface area contributed by atoms with Crippen LogP contribution in [0.3, 0.4) is 0 Å². The van der Waals surface area contributed by atoms with Gasteiger partial charge in [0, 0.05) is 6.92 Å². The Morgan fingerprint density at radius 3 is 2.00 bits per heavy atom. The molecule has 3 N–H and O–H groups in total. The molecule has 0 bridgehead atoms. The maximum absolute atomic E-state index is 10.7. The van der Waals surface area contributed by atoms with E-state index in [0.717, 1.165) is 0 Å². The lowest BCUT2D eigenvalue weighted by molar-refractivity contribution is -0.126. The fourth-order valence-electron chi connectivity index (χ4n) is 0.740. The van der Waals surface area contributed by atoms with Gasteiger partial charge < -0.3 is 11.1 Å². The lowest BCUT2D eigenvalue weighted by Gasteiger charge is -2.17. The molecule has 0 aromatic carbocycles. The summed E-state index contributed by atoms with van der Waals surface area (Å²) in [5, 5.41) is 2.35. The smallest absolute Gasteiger partial charge is 0.240 e. The lowest BCUT2D eigenvalue weighted by atomic mass is 10.0. The predicted octanol–water partition coefficient (Wildman–Crippen LogP) is -0.553. The second kappa shape index (κ2) is 3.95. The predicted molar refractivity (Wildman–Crippen MR) is 41.3 cm³/mol. The first-order valence-electron chi connectivity index (χ1n) is 3.37. The van der Waals surface area contributed by atoms with Crippen molar-refractivity contribution in [3.05, 3.63) is 6.92 Å². The van der Waals surface area contributed by atoms with Gasteiger partial charge in [0.15, 0.2) is 0 Å². The average Bonchev–Trinajstić information content (AvgIpc) is 1.81. The summed E-state index contributed by atoms with van der Waals surface area (Å²) < 4.78 is 0. The fourth-order valence-corrected chi connectivity index (χ4v) is 0.740. The molecule has 0 aliphatic rings. The Morgan fingerprint density at radius 1 is 1.45 bits per heavy atom. The van der Waals surface area contributed by atoms with Crippen LogP contribution in [0.5, 0.6) is 0 Å². The fraction of sp³-hybridized carbons (Fsp3) is 0.571. The van der Waals surface area contributed by atoms with E-state index in [4.69, 9.17) is 5.73 Å². The highest BCUT2D eigenvalue weighted by molar-refractivity contribution is 5.88. The van der Waals surface area contributed by atoms with Crippen LogP contribution in [0, 0.1) is 12.8 Å². The van der Waals surface area contributed by atoms with Gasteiger partial charge in [-0.2, -0.15) is 0 Å². The topological polar surface area (TPSA) is 72.2 Å². The molecular formula is C7H13N2O2. The normalized spacial score (nSPS) is 12.7. The van der Waals surface area contributed by atoms with Gasteiger partial charge >= 0.3 is 0 Å². The maximum Gasteiger partial charge on any atom is 0.240 e. The Balaban J connectivity index is 4.12. The molecule has 0 aliphatic heterocycles. The molecule has 63 valence electrons. The molecule has 0 aromatic heterocycles. The molecule has 0 unspecified atom stereocenters. The summed E-state index contributed by atoms with van der Waals surface area (Å²) in [6.07, 6.45) is 0. The summed E-state index contributed by atoms with van der Waals surface area (Å²) in [5.41, 5.74) is 5.00. The summed E-state index contributed by atoms with van der Waals surface area (Å²) in [5.74, 6) is -1.02. The van der Waals surface area contributed by atoms with Crippen LogP contribution in [0.4, 0.5) is 0 Å². The van der Waals surface area contributed by atoms with Crippen LogP contribution in [0.15, 0.2) is 0 Å². The van der Waals surface area contributed by atoms with E-state index >= 15 is 0 Å². The summed E-state index contributed by atoms with van der Waals surface area (Å²) in [6.45, 7) is 6.68. The third-order valence-corrected chi connectivity index (χ3v) is 1.29. The molecule has 0 heterocycles. The zero-order valence-corrected chi connectivity index (χ0v) is 6.76. The van der Waals surface area contributed by atoms with Gasteiger partial charge in [0.1, 0.15) is 6.04 Å². The highest BCUT2D eigenvalue weighted by Crippen LogP contribution is 1.99. The van der Waals surface area contributed by atoms with E-state index < -0.39 is 17.9 Å². The van der Waals surface area contributed by atoms with Crippen molar-refractivity contribution < 1.29 is 9.59 Å². The minimum Gasteiger partial charge on any atom is -0.368 e. The molecule has 0 saturated carbocycles. The van der Waals surface area contributed by atoms with Crippen LogP contribution in [0.25, 0.3) is 0 Å². The van der Waals surface area contributed by atoms with Crippen molar-refractivity contribution in [3.63, 3.8) is 0 Å². The monoisotopic (exact) mass is 157 g/mol. The van der Waals surface area contributed by atoms with Crippen molar-refractivity contribution in [2.24, 2.45) is 11.7 Å². The summed E-state index contributed by atoms with van der Waals surface area (Å²) >= 11 is 0. The minimum absolute atomic E-state index is 0.00167. The van der Waals surface area contributed by atoms with Crippen LogP contribution in [0.2, 0.25) is 0 Å². The second-order valence-corrected chi connectivity index (χ2v) is 2.69. The van der Waals surface area contributed by atoms with Crippen LogP contribution >= 0.6 is 0 Å². The van der Waals surface area contributed by atoms with E-state index in [2.05, 4.69) is 12.2 Å².